The zero-order chi connectivity index (χ0) is 12.3. The van der Waals surface area contributed by atoms with Crippen molar-refractivity contribution >= 4 is 11.8 Å². The highest BCUT2D eigenvalue weighted by molar-refractivity contribution is 5.46. The molecule has 1 aromatic rings. The fraction of sp³-hybridized carbons (Fsp3) is 0.636. The lowest BCUT2D eigenvalue weighted by Gasteiger charge is -2.16. The second-order valence-corrected chi connectivity index (χ2v) is 4.51. The first-order valence-electron chi connectivity index (χ1n) is 5.93. The number of aromatic nitrogens is 2. The van der Waals surface area contributed by atoms with Gasteiger partial charge in [0.05, 0.1) is 6.10 Å². The van der Waals surface area contributed by atoms with Crippen molar-refractivity contribution in [2.75, 3.05) is 17.3 Å². The van der Waals surface area contributed by atoms with Crippen LogP contribution in [0.5, 0.6) is 0 Å². The van der Waals surface area contributed by atoms with Crippen molar-refractivity contribution in [2.24, 2.45) is 11.8 Å². The Morgan fingerprint density at radius 3 is 3.00 bits per heavy atom. The number of aryl methyl sites for hydroxylation is 1. The van der Waals surface area contributed by atoms with E-state index >= 15 is 0 Å². The molecule has 0 radical (unpaired) electrons. The second-order valence-electron chi connectivity index (χ2n) is 4.51. The summed E-state index contributed by atoms with van der Waals surface area (Å²) in [5.74, 6) is 6.75. The van der Waals surface area contributed by atoms with E-state index in [9.17, 15) is 5.11 Å². The van der Waals surface area contributed by atoms with Crippen LogP contribution in [0.1, 0.15) is 24.8 Å². The Kier molecular flexibility index (Phi) is 3.75. The maximum atomic E-state index is 9.73. The van der Waals surface area contributed by atoms with E-state index in [-0.39, 0.29) is 6.10 Å². The Labute approximate surface area is 101 Å². The van der Waals surface area contributed by atoms with Crippen molar-refractivity contribution in [2.45, 2.75) is 32.3 Å². The summed E-state index contributed by atoms with van der Waals surface area (Å²) in [6.07, 6.45) is 4.61. The molecule has 0 saturated heterocycles. The smallest absolute Gasteiger partial charge is 0.239 e. The summed E-state index contributed by atoms with van der Waals surface area (Å²) < 4.78 is 0. The zero-order valence-corrected chi connectivity index (χ0v) is 9.98. The molecule has 6 heteroatoms. The molecule has 1 heterocycles. The van der Waals surface area contributed by atoms with E-state index in [1.807, 2.05) is 6.92 Å². The van der Waals surface area contributed by atoms with Crippen molar-refractivity contribution in [1.29, 1.82) is 0 Å². The van der Waals surface area contributed by atoms with Crippen molar-refractivity contribution in [3.05, 3.63) is 11.8 Å². The average Bonchev–Trinajstić information content (AvgIpc) is 2.74. The second kappa shape index (κ2) is 5.29. The number of aliphatic hydroxyl groups excluding tert-OH is 1. The summed E-state index contributed by atoms with van der Waals surface area (Å²) >= 11 is 0. The predicted octanol–water partition coefficient (Wildman–Crippen LogP) is 0.644. The lowest BCUT2D eigenvalue weighted by molar-refractivity contribution is 0.138. The lowest BCUT2D eigenvalue weighted by Crippen LogP contribution is -2.23. The van der Waals surface area contributed by atoms with Gasteiger partial charge in [-0.2, -0.15) is 4.98 Å². The summed E-state index contributed by atoms with van der Waals surface area (Å²) in [4.78, 5) is 8.25. The third-order valence-electron chi connectivity index (χ3n) is 3.25. The summed E-state index contributed by atoms with van der Waals surface area (Å²) in [7, 11) is 0. The summed E-state index contributed by atoms with van der Waals surface area (Å²) in [5, 5.41) is 13.0. The van der Waals surface area contributed by atoms with E-state index in [1.54, 1.807) is 6.20 Å². The average molecular weight is 237 g/mol. The van der Waals surface area contributed by atoms with Crippen molar-refractivity contribution in [3.8, 4) is 0 Å². The van der Waals surface area contributed by atoms with E-state index in [0.29, 0.717) is 11.9 Å². The Hall–Kier alpha value is -1.40. The van der Waals surface area contributed by atoms with Gasteiger partial charge in [0.15, 0.2) is 0 Å². The van der Waals surface area contributed by atoms with Gasteiger partial charge in [0.25, 0.3) is 0 Å². The van der Waals surface area contributed by atoms with Crippen LogP contribution in [-0.2, 0) is 0 Å². The van der Waals surface area contributed by atoms with Crippen LogP contribution in [0.15, 0.2) is 6.20 Å². The number of hydrogen-bond acceptors (Lipinski definition) is 6. The Balaban J connectivity index is 1.98. The molecule has 5 N–H and O–H groups in total. The normalized spacial score (nSPS) is 23.7. The molecule has 6 nitrogen and oxygen atoms in total. The standard InChI is InChI=1S/C11H19N5O/c1-7-5-14-11(16-12)15-10(7)13-6-8-3-2-4-9(8)17/h5,8-9,17H,2-4,6,12H2,1H3,(H2,13,14,15,16). The molecule has 2 rings (SSSR count). The fourth-order valence-corrected chi connectivity index (χ4v) is 2.17. The number of nitrogens with two attached hydrogens (primary N) is 1. The first-order chi connectivity index (χ1) is 8.20. The molecule has 94 valence electrons. The Bertz CT molecular complexity index is 384. The number of nitrogens with zero attached hydrogens (tertiary/aromatic N) is 2. The third-order valence-corrected chi connectivity index (χ3v) is 3.25. The minimum absolute atomic E-state index is 0.184. The molecular formula is C11H19N5O. The molecule has 0 spiro atoms. The van der Waals surface area contributed by atoms with Gasteiger partial charge in [-0.25, -0.2) is 10.8 Å². The van der Waals surface area contributed by atoms with Crippen LogP contribution in [0.2, 0.25) is 0 Å². The molecule has 0 amide bonds. The number of nitrogen functional groups attached to an aromatic ring is 1. The van der Waals surface area contributed by atoms with Gasteiger partial charge in [0.1, 0.15) is 5.82 Å². The van der Waals surface area contributed by atoms with Crippen LogP contribution >= 0.6 is 0 Å². The van der Waals surface area contributed by atoms with E-state index in [0.717, 1.165) is 37.2 Å². The van der Waals surface area contributed by atoms with Crippen LogP contribution in [-0.4, -0.2) is 27.7 Å². The molecule has 0 aromatic carbocycles. The Morgan fingerprint density at radius 2 is 2.35 bits per heavy atom. The molecule has 17 heavy (non-hydrogen) atoms. The number of hydrogen-bond donors (Lipinski definition) is 4. The maximum Gasteiger partial charge on any atom is 0.239 e. The summed E-state index contributed by atoms with van der Waals surface area (Å²) in [5.41, 5.74) is 3.39. The largest absolute Gasteiger partial charge is 0.393 e. The quantitative estimate of drug-likeness (QED) is 0.453. The number of nitrogens with one attached hydrogen (secondary N) is 2. The lowest BCUT2D eigenvalue weighted by atomic mass is 10.1. The first-order valence-corrected chi connectivity index (χ1v) is 5.93. The van der Waals surface area contributed by atoms with E-state index in [2.05, 4.69) is 20.7 Å². The molecule has 2 atom stereocenters. The van der Waals surface area contributed by atoms with Gasteiger partial charge >= 0.3 is 0 Å². The number of hydrazine groups is 1. The van der Waals surface area contributed by atoms with E-state index in [4.69, 9.17) is 5.84 Å². The van der Waals surface area contributed by atoms with Gasteiger partial charge in [-0.15, -0.1) is 0 Å². The van der Waals surface area contributed by atoms with Crippen LogP contribution in [0.25, 0.3) is 0 Å². The molecule has 0 aliphatic heterocycles. The number of aliphatic hydroxyl groups is 1. The zero-order valence-electron chi connectivity index (χ0n) is 9.98. The van der Waals surface area contributed by atoms with Crippen LogP contribution < -0.4 is 16.6 Å². The van der Waals surface area contributed by atoms with E-state index in [1.165, 1.54) is 0 Å². The monoisotopic (exact) mass is 237 g/mol. The van der Waals surface area contributed by atoms with Gasteiger partial charge in [-0.1, -0.05) is 6.42 Å². The van der Waals surface area contributed by atoms with Gasteiger partial charge < -0.3 is 10.4 Å². The van der Waals surface area contributed by atoms with Gasteiger partial charge in [-0.05, 0) is 19.8 Å². The van der Waals surface area contributed by atoms with Crippen molar-refractivity contribution in [1.82, 2.24) is 9.97 Å². The molecule has 0 bridgehead atoms. The Morgan fingerprint density at radius 1 is 1.53 bits per heavy atom. The predicted molar refractivity (Wildman–Crippen MR) is 66.4 cm³/mol. The third kappa shape index (κ3) is 2.83. The number of anilines is 2. The SMILES string of the molecule is Cc1cnc(NN)nc1NCC1CCCC1O. The van der Waals surface area contributed by atoms with Crippen LogP contribution in [0.4, 0.5) is 11.8 Å². The van der Waals surface area contributed by atoms with Crippen LogP contribution in [0, 0.1) is 12.8 Å². The molecular weight excluding hydrogens is 218 g/mol. The summed E-state index contributed by atoms with van der Waals surface area (Å²) in [6.45, 7) is 2.68. The topological polar surface area (TPSA) is 96.1 Å². The van der Waals surface area contributed by atoms with Gasteiger partial charge in [0.2, 0.25) is 5.95 Å². The minimum Gasteiger partial charge on any atom is -0.393 e. The minimum atomic E-state index is -0.184. The molecule has 2 unspecified atom stereocenters. The molecule has 1 aromatic heterocycles. The molecule has 1 saturated carbocycles. The summed E-state index contributed by atoms with van der Waals surface area (Å²) in [6, 6.07) is 0. The highest BCUT2D eigenvalue weighted by atomic mass is 16.3. The highest BCUT2D eigenvalue weighted by Gasteiger charge is 2.24. The molecule has 1 aliphatic carbocycles. The van der Waals surface area contributed by atoms with Crippen molar-refractivity contribution < 1.29 is 5.11 Å². The highest BCUT2D eigenvalue weighted by Crippen LogP contribution is 2.26. The maximum absolute atomic E-state index is 9.73. The fourth-order valence-electron chi connectivity index (χ4n) is 2.17. The molecule has 1 fully saturated rings. The van der Waals surface area contributed by atoms with Crippen LogP contribution in [0.3, 0.4) is 0 Å². The van der Waals surface area contributed by atoms with Crippen molar-refractivity contribution in [3.63, 3.8) is 0 Å². The number of rotatable bonds is 4. The van der Waals surface area contributed by atoms with Gasteiger partial charge in [0, 0.05) is 24.2 Å². The first kappa shape index (κ1) is 12.1. The molecule has 1 aliphatic rings. The van der Waals surface area contributed by atoms with Gasteiger partial charge in [-0.3, -0.25) is 5.43 Å². The van der Waals surface area contributed by atoms with E-state index < -0.39 is 0 Å².